The molecule has 0 atom stereocenters. The van der Waals surface area contributed by atoms with Crippen LogP contribution >= 0.6 is 12.2 Å². The number of methoxy groups -OCH3 is 1. The summed E-state index contributed by atoms with van der Waals surface area (Å²) >= 11 is 5.29. The van der Waals surface area contributed by atoms with Crippen LogP contribution in [0.3, 0.4) is 0 Å². The molecule has 0 aliphatic heterocycles. The van der Waals surface area contributed by atoms with Crippen molar-refractivity contribution in [2.75, 3.05) is 25.6 Å². The minimum atomic E-state index is 0.388. The molecule has 0 heterocycles. The van der Waals surface area contributed by atoms with E-state index >= 15 is 0 Å². The monoisotopic (exact) mass is 387 g/mol. The smallest absolute Gasteiger partial charge is 0.191 e. The Morgan fingerprint density at radius 2 is 1.78 bits per heavy atom. The molecule has 0 aliphatic rings. The van der Waals surface area contributed by atoms with Crippen LogP contribution in [0.25, 0.3) is 0 Å². The van der Waals surface area contributed by atoms with Crippen LogP contribution in [0.4, 0.5) is 5.69 Å². The van der Waals surface area contributed by atoms with Gasteiger partial charge in [-0.15, -0.1) is 0 Å². The lowest BCUT2D eigenvalue weighted by molar-refractivity contribution is 0.287. The third-order valence-electron chi connectivity index (χ3n) is 3.61. The summed E-state index contributed by atoms with van der Waals surface area (Å²) in [5.41, 5.74) is 5.36. The lowest BCUT2D eigenvalue weighted by Gasteiger charge is -2.13. The summed E-state index contributed by atoms with van der Waals surface area (Å²) in [7, 11) is 1.62. The molecule has 27 heavy (non-hydrogen) atoms. The Bertz CT molecular complexity index is 809. The van der Waals surface area contributed by atoms with Crippen LogP contribution in [0, 0.1) is 0 Å². The number of benzene rings is 2. The molecule has 0 bridgehead atoms. The average Bonchev–Trinajstić information content (AvgIpc) is 2.68. The number of hydrogen-bond acceptors (Lipinski definition) is 5. The lowest BCUT2D eigenvalue weighted by Crippen LogP contribution is -2.25. The number of nitrogens with one attached hydrogen (secondary N) is 2. The minimum absolute atomic E-state index is 0.388. The number of hydrazone groups is 1. The largest absolute Gasteiger partial charge is 0.497 e. The second-order valence-electron chi connectivity index (χ2n) is 5.52. The molecule has 0 fully saturated rings. The zero-order chi connectivity index (χ0) is 19.6. The van der Waals surface area contributed by atoms with Gasteiger partial charge in [-0.05, 0) is 63.3 Å². The van der Waals surface area contributed by atoms with Gasteiger partial charge in [0.15, 0.2) is 16.6 Å². The maximum atomic E-state index is 5.66. The number of thiocarbonyl (C=S) groups is 1. The van der Waals surface area contributed by atoms with Crippen LogP contribution in [0.15, 0.2) is 47.6 Å². The highest BCUT2D eigenvalue weighted by Crippen LogP contribution is 2.28. The van der Waals surface area contributed by atoms with Crippen molar-refractivity contribution in [2.24, 2.45) is 5.10 Å². The van der Waals surface area contributed by atoms with Crippen molar-refractivity contribution in [3.63, 3.8) is 0 Å². The fourth-order valence-electron chi connectivity index (χ4n) is 2.34. The van der Waals surface area contributed by atoms with E-state index in [0.717, 1.165) is 28.5 Å². The van der Waals surface area contributed by atoms with Crippen molar-refractivity contribution in [3.05, 3.63) is 48.0 Å². The first-order chi connectivity index (χ1) is 13.1. The molecule has 0 saturated heterocycles. The van der Waals surface area contributed by atoms with Gasteiger partial charge in [-0.2, -0.15) is 5.10 Å². The van der Waals surface area contributed by atoms with Gasteiger partial charge < -0.3 is 19.5 Å². The second kappa shape index (κ2) is 10.4. The molecule has 6 nitrogen and oxygen atoms in total. The summed E-state index contributed by atoms with van der Waals surface area (Å²) in [5, 5.41) is 7.80. The molecule has 2 aromatic rings. The van der Waals surface area contributed by atoms with Gasteiger partial charge in [0.1, 0.15) is 5.75 Å². The first-order valence-corrected chi connectivity index (χ1v) is 9.13. The summed E-state index contributed by atoms with van der Waals surface area (Å²) in [5.74, 6) is 2.17. The zero-order valence-electron chi connectivity index (χ0n) is 16.0. The van der Waals surface area contributed by atoms with E-state index < -0.39 is 0 Å². The molecule has 2 N–H and O–H groups in total. The Hall–Kier alpha value is -2.80. The molecule has 2 rings (SSSR count). The topological polar surface area (TPSA) is 64.1 Å². The summed E-state index contributed by atoms with van der Waals surface area (Å²) in [6.07, 6.45) is 0. The molecule has 0 spiro atoms. The molecular weight excluding hydrogens is 362 g/mol. The van der Waals surface area contributed by atoms with E-state index in [4.69, 9.17) is 26.4 Å². The number of hydrogen-bond donors (Lipinski definition) is 2. The van der Waals surface area contributed by atoms with Crippen molar-refractivity contribution in [1.29, 1.82) is 0 Å². The average molecular weight is 388 g/mol. The molecule has 0 aromatic heterocycles. The molecular formula is C20H25N3O3S. The number of rotatable bonds is 8. The van der Waals surface area contributed by atoms with Crippen LogP contribution in [0.1, 0.15) is 26.3 Å². The SMILES string of the molecule is CCOc1ccc(/C(C)=N\NC(=S)Nc2cccc(OC)c2)cc1OCC. The van der Waals surface area contributed by atoms with Crippen molar-refractivity contribution in [2.45, 2.75) is 20.8 Å². The fourth-order valence-corrected chi connectivity index (χ4v) is 2.50. The highest BCUT2D eigenvalue weighted by Gasteiger charge is 2.08. The second-order valence-corrected chi connectivity index (χ2v) is 5.93. The van der Waals surface area contributed by atoms with Crippen molar-refractivity contribution in [3.8, 4) is 17.2 Å². The molecule has 0 radical (unpaired) electrons. The van der Waals surface area contributed by atoms with E-state index in [1.54, 1.807) is 7.11 Å². The first kappa shape index (κ1) is 20.5. The van der Waals surface area contributed by atoms with Crippen LogP contribution < -0.4 is 25.0 Å². The Kier molecular flexibility index (Phi) is 7.88. The van der Waals surface area contributed by atoms with Gasteiger partial charge in [-0.25, -0.2) is 0 Å². The van der Waals surface area contributed by atoms with Crippen molar-refractivity contribution < 1.29 is 14.2 Å². The quantitative estimate of drug-likeness (QED) is 0.402. The minimum Gasteiger partial charge on any atom is -0.497 e. The first-order valence-electron chi connectivity index (χ1n) is 8.72. The normalized spacial score (nSPS) is 10.9. The highest BCUT2D eigenvalue weighted by atomic mass is 32.1. The lowest BCUT2D eigenvalue weighted by atomic mass is 10.1. The molecule has 2 aromatic carbocycles. The third kappa shape index (κ3) is 6.14. The number of nitrogens with zero attached hydrogens (tertiary/aromatic N) is 1. The fraction of sp³-hybridized carbons (Fsp3) is 0.300. The maximum Gasteiger partial charge on any atom is 0.191 e. The summed E-state index contributed by atoms with van der Waals surface area (Å²) in [6, 6.07) is 13.2. The van der Waals surface area contributed by atoms with E-state index in [-0.39, 0.29) is 0 Å². The van der Waals surface area contributed by atoms with Crippen LogP contribution in [-0.4, -0.2) is 31.1 Å². The van der Waals surface area contributed by atoms with Gasteiger partial charge in [0.2, 0.25) is 0 Å². The predicted octanol–water partition coefficient (Wildman–Crippen LogP) is 4.20. The molecule has 0 saturated carbocycles. The van der Waals surface area contributed by atoms with Gasteiger partial charge in [0.05, 0.1) is 26.0 Å². The van der Waals surface area contributed by atoms with Crippen LogP contribution in [0.5, 0.6) is 17.2 Å². The van der Waals surface area contributed by atoms with Crippen LogP contribution in [0.2, 0.25) is 0 Å². The van der Waals surface area contributed by atoms with E-state index in [1.807, 2.05) is 63.2 Å². The van der Waals surface area contributed by atoms with E-state index in [0.29, 0.717) is 24.1 Å². The highest BCUT2D eigenvalue weighted by molar-refractivity contribution is 7.80. The van der Waals surface area contributed by atoms with Gasteiger partial charge in [-0.3, -0.25) is 5.43 Å². The molecule has 144 valence electrons. The molecule has 7 heteroatoms. The predicted molar refractivity (Wildman–Crippen MR) is 113 cm³/mol. The summed E-state index contributed by atoms with van der Waals surface area (Å²) < 4.78 is 16.4. The van der Waals surface area contributed by atoms with E-state index in [2.05, 4.69) is 15.8 Å². The molecule has 0 amide bonds. The third-order valence-corrected chi connectivity index (χ3v) is 3.81. The van der Waals surface area contributed by atoms with Gasteiger partial charge in [-0.1, -0.05) is 6.07 Å². The van der Waals surface area contributed by atoms with Crippen molar-refractivity contribution >= 4 is 28.7 Å². The van der Waals surface area contributed by atoms with Crippen LogP contribution in [-0.2, 0) is 0 Å². The standard InChI is InChI=1S/C20H25N3O3S/c1-5-25-18-11-10-15(12-19(18)26-6-2)14(3)22-23-20(27)21-16-8-7-9-17(13-16)24-4/h7-13H,5-6H2,1-4H3,(H2,21,23,27)/b22-14-. The maximum absolute atomic E-state index is 5.66. The zero-order valence-corrected chi connectivity index (χ0v) is 16.9. The van der Waals surface area contributed by atoms with E-state index in [1.165, 1.54) is 0 Å². The summed E-state index contributed by atoms with van der Waals surface area (Å²) in [6.45, 7) is 6.92. The Labute approximate surface area is 165 Å². The van der Waals surface area contributed by atoms with E-state index in [9.17, 15) is 0 Å². The van der Waals surface area contributed by atoms with Gasteiger partial charge >= 0.3 is 0 Å². The Balaban J connectivity index is 2.05. The molecule has 0 aliphatic carbocycles. The van der Waals surface area contributed by atoms with Gasteiger partial charge in [0.25, 0.3) is 0 Å². The summed E-state index contributed by atoms with van der Waals surface area (Å²) in [4.78, 5) is 0. The van der Waals surface area contributed by atoms with Crippen molar-refractivity contribution in [1.82, 2.24) is 5.43 Å². The number of ether oxygens (including phenoxy) is 3. The number of anilines is 1. The molecule has 0 unspecified atom stereocenters. The Morgan fingerprint density at radius 1 is 1.04 bits per heavy atom. The van der Waals surface area contributed by atoms with Gasteiger partial charge in [0, 0.05) is 17.3 Å². The Morgan fingerprint density at radius 3 is 2.48 bits per heavy atom.